The molecule has 1 aromatic carbocycles. The van der Waals surface area contributed by atoms with Gasteiger partial charge in [0, 0.05) is 12.5 Å². The molecule has 164 valence electrons. The van der Waals surface area contributed by atoms with Gasteiger partial charge in [0.15, 0.2) is 6.29 Å². The van der Waals surface area contributed by atoms with Crippen LogP contribution in [0.1, 0.15) is 25.3 Å². The summed E-state index contributed by atoms with van der Waals surface area (Å²) in [5.74, 6) is -2.80. The van der Waals surface area contributed by atoms with Gasteiger partial charge in [-0.1, -0.05) is 30.3 Å². The lowest BCUT2D eigenvalue weighted by atomic mass is 10.0. The third-order valence-electron chi connectivity index (χ3n) is 5.62. The number of hydrogen-bond acceptors (Lipinski definition) is 6. The van der Waals surface area contributed by atoms with Crippen molar-refractivity contribution in [2.75, 3.05) is 19.8 Å². The van der Waals surface area contributed by atoms with Gasteiger partial charge in [-0.2, -0.15) is 0 Å². The van der Waals surface area contributed by atoms with Crippen molar-refractivity contribution >= 4 is 17.8 Å². The molecule has 2 fully saturated rings. The number of ether oxygens (including phenoxy) is 2. The van der Waals surface area contributed by atoms with E-state index >= 15 is 0 Å². The molecule has 0 unspecified atom stereocenters. The number of benzene rings is 1. The molecule has 2 saturated heterocycles. The first kappa shape index (κ1) is 22.2. The highest BCUT2D eigenvalue weighted by molar-refractivity contribution is 5.88. The third-order valence-corrected chi connectivity index (χ3v) is 5.62. The highest BCUT2D eigenvalue weighted by Crippen LogP contribution is 2.30. The number of amides is 1. The van der Waals surface area contributed by atoms with E-state index in [-0.39, 0.29) is 18.9 Å². The van der Waals surface area contributed by atoms with Gasteiger partial charge >= 0.3 is 11.9 Å². The molecule has 2 aliphatic heterocycles. The lowest BCUT2D eigenvalue weighted by Gasteiger charge is -2.27. The smallest absolute Gasteiger partial charge is 0.326 e. The Kier molecular flexibility index (Phi) is 7.41. The Bertz CT molecular complexity index is 751. The second-order valence-corrected chi connectivity index (χ2v) is 7.75. The Morgan fingerprint density at radius 1 is 1.17 bits per heavy atom. The average Bonchev–Trinajstić information content (AvgIpc) is 3.40. The fourth-order valence-electron chi connectivity index (χ4n) is 4.05. The number of aliphatic carboxylic acids is 2. The molecule has 0 bridgehead atoms. The Hall–Kier alpha value is -2.49. The second-order valence-electron chi connectivity index (χ2n) is 7.75. The van der Waals surface area contributed by atoms with Crippen molar-refractivity contribution in [2.45, 2.75) is 50.6 Å². The molecule has 1 aromatic rings. The van der Waals surface area contributed by atoms with Crippen LogP contribution in [0.5, 0.6) is 0 Å². The molecular formula is C21H28N2O7. The maximum atomic E-state index is 13.0. The first-order valence-corrected chi connectivity index (χ1v) is 10.2. The number of carboxylic acids is 2. The maximum Gasteiger partial charge on any atom is 0.326 e. The maximum absolute atomic E-state index is 13.0. The van der Waals surface area contributed by atoms with Gasteiger partial charge in [-0.15, -0.1) is 0 Å². The number of hydrogen-bond donors (Lipinski definition) is 3. The number of nitrogens with zero attached hydrogens (tertiary/aromatic N) is 1. The van der Waals surface area contributed by atoms with E-state index in [2.05, 4.69) is 5.32 Å². The Balaban J connectivity index is 1.61. The molecule has 3 N–H and O–H groups in total. The zero-order valence-electron chi connectivity index (χ0n) is 16.9. The summed E-state index contributed by atoms with van der Waals surface area (Å²) in [6.45, 7) is 2.67. The van der Waals surface area contributed by atoms with Crippen LogP contribution in [0, 0.1) is 5.92 Å². The number of aryl methyl sites for hydroxylation is 1. The molecule has 2 aliphatic rings. The van der Waals surface area contributed by atoms with Crippen molar-refractivity contribution in [3.8, 4) is 0 Å². The summed E-state index contributed by atoms with van der Waals surface area (Å²) in [6, 6.07) is 6.76. The van der Waals surface area contributed by atoms with Gasteiger partial charge in [-0.3, -0.25) is 14.9 Å². The van der Waals surface area contributed by atoms with Crippen molar-refractivity contribution in [1.29, 1.82) is 0 Å². The molecular weight excluding hydrogens is 392 g/mol. The van der Waals surface area contributed by atoms with Crippen LogP contribution >= 0.6 is 0 Å². The van der Waals surface area contributed by atoms with Crippen LogP contribution in [0.15, 0.2) is 30.3 Å². The van der Waals surface area contributed by atoms with E-state index in [4.69, 9.17) is 9.47 Å². The van der Waals surface area contributed by atoms with Gasteiger partial charge in [0.25, 0.3) is 0 Å². The van der Waals surface area contributed by atoms with Crippen LogP contribution in [0.3, 0.4) is 0 Å². The number of nitrogens with one attached hydrogen (secondary N) is 1. The largest absolute Gasteiger partial charge is 0.480 e. The molecule has 4 atom stereocenters. The lowest BCUT2D eigenvalue weighted by Crippen LogP contribution is -2.53. The van der Waals surface area contributed by atoms with Gasteiger partial charge in [-0.25, -0.2) is 4.79 Å². The molecule has 3 rings (SSSR count). The van der Waals surface area contributed by atoms with Gasteiger partial charge in [0.05, 0.1) is 19.3 Å². The number of carbonyl (C=O) groups is 3. The fourth-order valence-corrected chi connectivity index (χ4v) is 4.05. The number of carbonyl (C=O) groups excluding carboxylic acids is 1. The molecule has 0 spiro atoms. The molecule has 2 heterocycles. The van der Waals surface area contributed by atoms with E-state index in [1.807, 2.05) is 30.3 Å². The van der Waals surface area contributed by atoms with Crippen molar-refractivity contribution in [3.63, 3.8) is 0 Å². The summed E-state index contributed by atoms with van der Waals surface area (Å²) in [5.41, 5.74) is 1.01. The van der Waals surface area contributed by atoms with E-state index in [0.29, 0.717) is 26.1 Å². The minimum atomic E-state index is -1.09. The quantitative estimate of drug-likeness (QED) is 0.534. The van der Waals surface area contributed by atoms with Crippen molar-refractivity contribution in [1.82, 2.24) is 10.2 Å². The standard InChI is InChI=1S/C21H28N2O7/c1-13(22-16(19(25)26)8-7-14-5-3-2-4-6-14)18(24)23-12-15(11-17(23)20(27)28)21-29-9-10-30-21/h2-6,13,15-17,21-22H,7-12H2,1H3,(H,25,26)(H,27,28)/t13-,15-,16-,17+/m0/s1. The Morgan fingerprint density at radius 2 is 1.83 bits per heavy atom. The van der Waals surface area contributed by atoms with E-state index in [9.17, 15) is 24.6 Å². The minimum absolute atomic E-state index is 0.203. The molecule has 0 aliphatic carbocycles. The van der Waals surface area contributed by atoms with Crippen LogP contribution in [0.4, 0.5) is 0 Å². The van der Waals surface area contributed by atoms with Gasteiger partial charge in [0.1, 0.15) is 12.1 Å². The zero-order chi connectivity index (χ0) is 21.7. The molecule has 9 nitrogen and oxygen atoms in total. The van der Waals surface area contributed by atoms with Crippen LogP contribution in [0.25, 0.3) is 0 Å². The van der Waals surface area contributed by atoms with Crippen LogP contribution < -0.4 is 5.32 Å². The monoisotopic (exact) mass is 420 g/mol. The summed E-state index contributed by atoms with van der Waals surface area (Å²) >= 11 is 0. The van der Waals surface area contributed by atoms with E-state index < -0.39 is 42.3 Å². The predicted molar refractivity (Wildman–Crippen MR) is 106 cm³/mol. The van der Waals surface area contributed by atoms with Crippen LogP contribution in [-0.4, -0.2) is 77.1 Å². The number of likely N-dealkylation sites (tertiary alicyclic amines) is 1. The molecule has 0 radical (unpaired) electrons. The van der Waals surface area contributed by atoms with Gasteiger partial charge in [-0.05, 0) is 31.7 Å². The third kappa shape index (κ3) is 5.35. The van der Waals surface area contributed by atoms with Crippen LogP contribution in [0.2, 0.25) is 0 Å². The topological polar surface area (TPSA) is 125 Å². The molecule has 30 heavy (non-hydrogen) atoms. The van der Waals surface area contributed by atoms with Crippen molar-refractivity contribution in [2.24, 2.45) is 5.92 Å². The SMILES string of the molecule is C[C@H](N[C@@H](CCc1ccccc1)C(=O)O)C(=O)N1C[C@@H](C2OCCO2)C[C@@H]1C(=O)O. The molecule has 1 amide bonds. The summed E-state index contributed by atoms with van der Waals surface area (Å²) in [6.07, 6.45) is 0.595. The van der Waals surface area contributed by atoms with E-state index in [1.165, 1.54) is 4.90 Å². The van der Waals surface area contributed by atoms with Crippen molar-refractivity contribution in [3.05, 3.63) is 35.9 Å². The zero-order valence-corrected chi connectivity index (χ0v) is 16.9. The average molecular weight is 420 g/mol. The Morgan fingerprint density at radius 3 is 2.43 bits per heavy atom. The fraction of sp³-hybridized carbons (Fsp3) is 0.571. The van der Waals surface area contributed by atoms with E-state index in [1.54, 1.807) is 6.92 Å². The number of rotatable bonds is 9. The molecule has 0 aromatic heterocycles. The lowest BCUT2D eigenvalue weighted by molar-refractivity contribution is -0.149. The molecule has 0 saturated carbocycles. The predicted octanol–water partition coefficient (Wildman–Crippen LogP) is 0.725. The number of carboxylic acid groups (broad SMARTS) is 2. The molecule has 9 heteroatoms. The van der Waals surface area contributed by atoms with Gasteiger partial charge in [0.2, 0.25) is 5.91 Å². The van der Waals surface area contributed by atoms with Crippen LogP contribution in [-0.2, 0) is 30.3 Å². The summed E-state index contributed by atoms with van der Waals surface area (Å²) in [5, 5.41) is 22.0. The highest BCUT2D eigenvalue weighted by Gasteiger charge is 2.45. The summed E-state index contributed by atoms with van der Waals surface area (Å²) in [7, 11) is 0. The minimum Gasteiger partial charge on any atom is -0.480 e. The first-order valence-electron chi connectivity index (χ1n) is 10.2. The normalized spacial score (nSPS) is 24.0. The van der Waals surface area contributed by atoms with Crippen molar-refractivity contribution < 1.29 is 34.1 Å². The summed E-state index contributed by atoms with van der Waals surface area (Å²) < 4.78 is 11.0. The van der Waals surface area contributed by atoms with Gasteiger partial charge < -0.3 is 24.6 Å². The second kappa shape index (κ2) is 10.0. The first-order chi connectivity index (χ1) is 14.4. The van der Waals surface area contributed by atoms with E-state index in [0.717, 1.165) is 5.56 Å². The Labute approximate surface area is 175 Å². The summed E-state index contributed by atoms with van der Waals surface area (Å²) in [4.78, 5) is 37.7. The highest BCUT2D eigenvalue weighted by atomic mass is 16.7.